The zero-order chi connectivity index (χ0) is 7.68. The highest BCUT2D eigenvalue weighted by molar-refractivity contribution is 5.46. The monoisotopic (exact) mass is 147 g/mol. The van der Waals surface area contributed by atoms with Crippen molar-refractivity contribution in [2.75, 3.05) is 0 Å². The Hall–Kier alpha value is -1.35. The van der Waals surface area contributed by atoms with E-state index in [1.807, 2.05) is 28.9 Å². The minimum atomic E-state index is 0.585. The molecule has 0 radical (unpaired) electrons. The van der Waals surface area contributed by atoms with Gasteiger partial charge in [-0.2, -0.15) is 0 Å². The van der Waals surface area contributed by atoms with Gasteiger partial charge in [0.25, 0.3) is 0 Å². The highest BCUT2D eigenvalue weighted by atomic mass is 15.0. The summed E-state index contributed by atoms with van der Waals surface area (Å²) < 4.78 is 1.96. The Morgan fingerprint density at radius 1 is 1.55 bits per heavy atom. The summed E-state index contributed by atoms with van der Waals surface area (Å²) in [6.45, 7) is 0.585. The molecule has 0 fully saturated rings. The minimum absolute atomic E-state index is 0.585. The molecule has 3 nitrogen and oxygen atoms in total. The Morgan fingerprint density at radius 3 is 3.27 bits per heavy atom. The van der Waals surface area contributed by atoms with Crippen LogP contribution in [0.2, 0.25) is 0 Å². The molecule has 2 aromatic heterocycles. The maximum absolute atomic E-state index is 5.48. The van der Waals surface area contributed by atoms with Gasteiger partial charge in [-0.15, -0.1) is 0 Å². The van der Waals surface area contributed by atoms with E-state index in [1.54, 1.807) is 6.33 Å². The van der Waals surface area contributed by atoms with Crippen molar-refractivity contribution in [2.45, 2.75) is 6.54 Å². The van der Waals surface area contributed by atoms with Crippen LogP contribution in [-0.4, -0.2) is 9.38 Å². The molecule has 0 aliphatic heterocycles. The van der Waals surface area contributed by atoms with E-state index in [0.717, 1.165) is 11.1 Å². The molecule has 3 heteroatoms. The molecule has 0 spiro atoms. The molecule has 0 aromatic carbocycles. The molecule has 0 amide bonds. The van der Waals surface area contributed by atoms with E-state index in [9.17, 15) is 0 Å². The standard InChI is InChI=1S/C8H9N3/c9-4-7-1-2-11-6-10-5-8(11)3-7/h1-3,5-6H,4,9H2. The number of rotatable bonds is 1. The summed E-state index contributed by atoms with van der Waals surface area (Å²) in [4.78, 5) is 4.00. The van der Waals surface area contributed by atoms with E-state index < -0.39 is 0 Å². The third-order valence-corrected chi connectivity index (χ3v) is 1.71. The molecule has 0 unspecified atom stereocenters. The normalized spacial score (nSPS) is 10.6. The van der Waals surface area contributed by atoms with Gasteiger partial charge in [-0.3, -0.25) is 0 Å². The van der Waals surface area contributed by atoms with Crippen LogP contribution in [0, 0.1) is 0 Å². The van der Waals surface area contributed by atoms with E-state index in [1.165, 1.54) is 0 Å². The summed E-state index contributed by atoms with van der Waals surface area (Å²) in [6.07, 6.45) is 5.55. The molecule has 2 N–H and O–H groups in total. The fraction of sp³-hybridized carbons (Fsp3) is 0.125. The maximum atomic E-state index is 5.48. The Labute approximate surface area is 64.5 Å². The Morgan fingerprint density at radius 2 is 2.45 bits per heavy atom. The van der Waals surface area contributed by atoms with Gasteiger partial charge >= 0.3 is 0 Å². The van der Waals surface area contributed by atoms with Gasteiger partial charge in [0.15, 0.2) is 0 Å². The van der Waals surface area contributed by atoms with Crippen LogP contribution in [0.5, 0.6) is 0 Å². The molecule has 0 saturated carbocycles. The van der Waals surface area contributed by atoms with Crippen molar-refractivity contribution < 1.29 is 0 Å². The average molecular weight is 147 g/mol. The van der Waals surface area contributed by atoms with E-state index in [4.69, 9.17) is 5.73 Å². The van der Waals surface area contributed by atoms with Gasteiger partial charge in [0.2, 0.25) is 0 Å². The lowest BCUT2D eigenvalue weighted by Crippen LogP contribution is -1.96. The van der Waals surface area contributed by atoms with E-state index >= 15 is 0 Å². The second-order valence-corrected chi connectivity index (χ2v) is 2.46. The van der Waals surface area contributed by atoms with E-state index in [0.29, 0.717) is 6.54 Å². The third kappa shape index (κ3) is 0.991. The zero-order valence-corrected chi connectivity index (χ0v) is 6.07. The van der Waals surface area contributed by atoms with Crippen molar-refractivity contribution in [1.82, 2.24) is 9.38 Å². The second kappa shape index (κ2) is 2.36. The lowest BCUT2D eigenvalue weighted by molar-refractivity contribution is 1.05. The zero-order valence-electron chi connectivity index (χ0n) is 6.07. The first-order valence-corrected chi connectivity index (χ1v) is 3.51. The van der Waals surface area contributed by atoms with Crippen LogP contribution in [0.4, 0.5) is 0 Å². The molecular weight excluding hydrogens is 138 g/mol. The molecule has 0 atom stereocenters. The first kappa shape index (κ1) is 6.37. The van der Waals surface area contributed by atoms with Crippen molar-refractivity contribution in [2.24, 2.45) is 5.73 Å². The van der Waals surface area contributed by atoms with Gasteiger partial charge in [-0.05, 0) is 17.7 Å². The number of aromatic nitrogens is 2. The molecule has 2 heterocycles. The molecule has 0 aliphatic rings. The van der Waals surface area contributed by atoms with Gasteiger partial charge in [-0.25, -0.2) is 4.98 Å². The lowest BCUT2D eigenvalue weighted by Gasteiger charge is -1.96. The van der Waals surface area contributed by atoms with Gasteiger partial charge in [0.05, 0.1) is 18.0 Å². The summed E-state index contributed by atoms with van der Waals surface area (Å²) in [5, 5.41) is 0. The summed E-state index contributed by atoms with van der Waals surface area (Å²) in [6, 6.07) is 4.03. The first-order valence-electron chi connectivity index (χ1n) is 3.51. The molecule has 2 rings (SSSR count). The highest BCUT2D eigenvalue weighted by Gasteiger charge is 1.92. The molecule has 0 bridgehead atoms. The molecular formula is C8H9N3. The van der Waals surface area contributed by atoms with Gasteiger partial charge < -0.3 is 10.1 Å². The number of hydrogen-bond acceptors (Lipinski definition) is 2. The van der Waals surface area contributed by atoms with Crippen molar-refractivity contribution in [3.05, 3.63) is 36.4 Å². The van der Waals surface area contributed by atoms with Crippen LogP contribution in [0.25, 0.3) is 5.52 Å². The quantitative estimate of drug-likeness (QED) is 0.648. The average Bonchev–Trinajstić information content (AvgIpc) is 2.50. The fourth-order valence-corrected chi connectivity index (χ4v) is 1.09. The SMILES string of the molecule is NCc1ccn2cncc2c1. The summed E-state index contributed by atoms with van der Waals surface area (Å²) in [5.74, 6) is 0. The minimum Gasteiger partial charge on any atom is -0.326 e. The predicted molar refractivity (Wildman–Crippen MR) is 43.1 cm³/mol. The smallest absolute Gasteiger partial charge is 0.0991 e. The number of fused-ring (bicyclic) bond motifs is 1. The molecule has 2 aromatic rings. The van der Waals surface area contributed by atoms with Crippen molar-refractivity contribution in [1.29, 1.82) is 0 Å². The van der Waals surface area contributed by atoms with Crippen LogP contribution in [-0.2, 0) is 6.54 Å². The van der Waals surface area contributed by atoms with E-state index in [2.05, 4.69) is 4.98 Å². The summed E-state index contributed by atoms with van der Waals surface area (Å²) in [5.41, 5.74) is 7.71. The molecule has 0 saturated heterocycles. The van der Waals surface area contributed by atoms with Crippen LogP contribution in [0.3, 0.4) is 0 Å². The largest absolute Gasteiger partial charge is 0.326 e. The topological polar surface area (TPSA) is 43.3 Å². The Balaban J connectivity index is 2.67. The number of pyridine rings is 1. The summed E-state index contributed by atoms with van der Waals surface area (Å²) in [7, 11) is 0. The molecule has 56 valence electrons. The number of imidazole rings is 1. The number of nitrogens with zero attached hydrogens (tertiary/aromatic N) is 2. The fourth-order valence-electron chi connectivity index (χ4n) is 1.09. The Kier molecular flexibility index (Phi) is 1.36. The van der Waals surface area contributed by atoms with Crippen LogP contribution in [0.1, 0.15) is 5.56 Å². The van der Waals surface area contributed by atoms with Crippen molar-refractivity contribution >= 4 is 5.52 Å². The second-order valence-electron chi connectivity index (χ2n) is 2.46. The molecule has 0 aliphatic carbocycles. The van der Waals surface area contributed by atoms with Crippen LogP contribution >= 0.6 is 0 Å². The number of hydrogen-bond donors (Lipinski definition) is 1. The third-order valence-electron chi connectivity index (χ3n) is 1.71. The predicted octanol–water partition coefficient (Wildman–Crippen LogP) is 0.793. The van der Waals surface area contributed by atoms with Gasteiger partial charge in [0.1, 0.15) is 0 Å². The van der Waals surface area contributed by atoms with Gasteiger partial charge in [0, 0.05) is 12.7 Å². The maximum Gasteiger partial charge on any atom is 0.0991 e. The van der Waals surface area contributed by atoms with Crippen LogP contribution < -0.4 is 5.73 Å². The van der Waals surface area contributed by atoms with Crippen molar-refractivity contribution in [3.8, 4) is 0 Å². The van der Waals surface area contributed by atoms with Crippen LogP contribution in [0.15, 0.2) is 30.9 Å². The number of nitrogens with two attached hydrogens (primary N) is 1. The van der Waals surface area contributed by atoms with E-state index in [-0.39, 0.29) is 0 Å². The summed E-state index contributed by atoms with van der Waals surface area (Å²) >= 11 is 0. The highest BCUT2D eigenvalue weighted by Crippen LogP contribution is 2.04. The lowest BCUT2D eigenvalue weighted by atomic mass is 10.2. The Bertz CT molecular complexity index is 364. The van der Waals surface area contributed by atoms with Crippen molar-refractivity contribution in [3.63, 3.8) is 0 Å². The molecule has 11 heavy (non-hydrogen) atoms. The first-order chi connectivity index (χ1) is 5.40. The van der Waals surface area contributed by atoms with Gasteiger partial charge in [-0.1, -0.05) is 0 Å².